The molecule has 0 aliphatic carbocycles. The van der Waals surface area contributed by atoms with Crippen LogP contribution in [0.15, 0.2) is 47.4 Å². The summed E-state index contributed by atoms with van der Waals surface area (Å²) in [6.45, 7) is 2.19. The Bertz CT molecular complexity index is 607. The Morgan fingerprint density at radius 1 is 1.22 bits per heavy atom. The van der Waals surface area contributed by atoms with Crippen molar-refractivity contribution in [2.24, 2.45) is 0 Å². The fraction of sp³-hybridized carbons (Fsp3) is 0.154. The molecule has 0 aliphatic rings. The SMILES string of the molecule is Cc1cccn(Cc2cccc(B(O)O)c2)c1=O. The number of aromatic nitrogens is 1. The second kappa shape index (κ2) is 5.20. The van der Waals surface area contributed by atoms with Gasteiger partial charge in [-0.2, -0.15) is 0 Å². The predicted molar refractivity (Wildman–Crippen MR) is 70.8 cm³/mol. The number of hydrogen-bond acceptors (Lipinski definition) is 3. The maximum absolute atomic E-state index is 11.9. The summed E-state index contributed by atoms with van der Waals surface area (Å²) in [5.41, 5.74) is 1.93. The number of benzene rings is 1. The summed E-state index contributed by atoms with van der Waals surface area (Å²) in [4.78, 5) is 11.9. The van der Waals surface area contributed by atoms with Crippen molar-refractivity contribution in [1.82, 2.24) is 4.57 Å². The standard InChI is InChI=1S/C13H14BNO3/c1-10-4-3-7-15(13(10)16)9-11-5-2-6-12(8-11)14(17)18/h2-8,17-18H,9H2,1H3. The monoisotopic (exact) mass is 243 g/mol. The van der Waals surface area contributed by atoms with Crippen LogP contribution in [0.4, 0.5) is 0 Å². The summed E-state index contributed by atoms with van der Waals surface area (Å²) in [6, 6.07) is 10.5. The van der Waals surface area contributed by atoms with Gasteiger partial charge in [0.1, 0.15) is 0 Å². The van der Waals surface area contributed by atoms with Gasteiger partial charge in [0.05, 0.1) is 6.54 Å². The average molecular weight is 243 g/mol. The van der Waals surface area contributed by atoms with Crippen LogP contribution in [0, 0.1) is 6.92 Å². The van der Waals surface area contributed by atoms with Gasteiger partial charge < -0.3 is 14.6 Å². The summed E-state index contributed by atoms with van der Waals surface area (Å²) in [7, 11) is -1.49. The first-order valence-corrected chi connectivity index (χ1v) is 5.69. The molecule has 0 aliphatic heterocycles. The molecule has 92 valence electrons. The minimum Gasteiger partial charge on any atom is -0.423 e. The van der Waals surface area contributed by atoms with Gasteiger partial charge in [-0.15, -0.1) is 0 Å². The number of pyridine rings is 1. The Morgan fingerprint density at radius 2 is 2.00 bits per heavy atom. The number of hydrogen-bond donors (Lipinski definition) is 2. The zero-order chi connectivity index (χ0) is 13.1. The Hall–Kier alpha value is -1.85. The van der Waals surface area contributed by atoms with Crippen LogP contribution >= 0.6 is 0 Å². The molecule has 0 amide bonds. The molecular formula is C13H14BNO3. The van der Waals surface area contributed by atoms with Gasteiger partial charge in [0.25, 0.3) is 5.56 Å². The molecule has 18 heavy (non-hydrogen) atoms. The third-order valence-corrected chi connectivity index (χ3v) is 2.81. The van der Waals surface area contributed by atoms with Crippen LogP contribution in [-0.2, 0) is 6.54 Å². The molecule has 1 heterocycles. The summed E-state index contributed by atoms with van der Waals surface area (Å²) in [6.07, 6.45) is 1.72. The maximum atomic E-state index is 11.9. The third-order valence-electron chi connectivity index (χ3n) is 2.81. The first kappa shape index (κ1) is 12.6. The lowest BCUT2D eigenvalue weighted by Crippen LogP contribution is -2.30. The molecule has 0 unspecified atom stereocenters. The highest BCUT2D eigenvalue weighted by Crippen LogP contribution is 2.00. The third kappa shape index (κ3) is 2.69. The van der Waals surface area contributed by atoms with Crippen molar-refractivity contribution >= 4 is 12.6 Å². The van der Waals surface area contributed by atoms with Crippen LogP contribution in [0.1, 0.15) is 11.1 Å². The van der Waals surface area contributed by atoms with Crippen LogP contribution in [0.3, 0.4) is 0 Å². The topological polar surface area (TPSA) is 62.5 Å². The zero-order valence-corrected chi connectivity index (χ0v) is 10.1. The van der Waals surface area contributed by atoms with Crippen LogP contribution in [-0.4, -0.2) is 21.7 Å². The molecule has 4 nitrogen and oxygen atoms in total. The number of nitrogens with zero attached hydrogens (tertiary/aromatic N) is 1. The van der Waals surface area contributed by atoms with Crippen molar-refractivity contribution in [1.29, 1.82) is 0 Å². The Morgan fingerprint density at radius 3 is 2.72 bits per heavy atom. The lowest BCUT2D eigenvalue weighted by molar-refractivity contribution is 0.425. The molecule has 0 bridgehead atoms. The number of aryl methyl sites for hydroxylation is 1. The van der Waals surface area contributed by atoms with Crippen LogP contribution in [0.5, 0.6) is 0 Å². The summed E-state index contributed by atoms with van der Waals surface area (Å²) in [5.74, 6) is 0. The van der Waals surface area contributed by atoms with Crippen LogP contribution in [0.25, 0.3) is 0 Å². The second-order valence-electron chi connectivity index (χ2n) is 4.24. The first-order chi connectivity index (χ1) is 8.58. The van der Waals surface area contributed by atoms with E-state index in [-0.39, 0.29) is 5.56 Å². The highest BCUT2D eigenvalue weighted by Gasteiger charge is 2.10. The van der Waals surface area contributed by atoms with E-state index in [4.69, 9.17) is 10.0 Å². The molecule has 2 rings (SSSR count). The van der Waals surface area contributed by atoms with Crippen molar-refractivity contribution in [2.45, 2.75) is 13.5 Å². The quantitative estimate of drug-likeness (QED) is 0.739. The lowest BCUT2D eigenvalue weighted by atomic mass is 9.79. The van der Waals surface area contributed by atoms with Gasteiger partial charge in [0.2, 0.25) is 0 Å². The predicted octanol–water partition coefficient (Wildman–Crippen LogP) is -0.115. The molecule has 0 saturated heterocycles. The van der Waals surface area contributed by atoms with E-state index in [1.165, 1.54) is 0 Å². The Balaban J connectivity index is 2.32. The Labute approximate surface area is 105 Å². The average Bonchev–Trinajstić information content (AvgIpc) is 2.35. The largest absolute Gasteiger partial charge is 0.488 e. The van der Waals surface area contributed by atoms with Gasteiger partial charge >= 0.3 is 7.12 Å². The summed E-state index contributed by atoms with van der Waals surface area (Å²) >= 11 is 0. The van der Waals surface area contributed by atoms with E-state index in [0.29, 0.717) is 17.6 Å². The van der Waals surface area contributed by atoms with Gasteiger partial charge in [-0.05, 0) is 24.0 Å². The van der Waals surface area contributed by atoms with Crippen molar-refractivity contribution in [3.05, 3.63) is 64.1 Å². The van der Waals surface area contributed by atoms with E-state index in [2.05, 4.69) is 0 Å². The molecular weight excluding hydrogens is 229 g/mol. The molecule has 5 heteroatoms. The zero-order valence-electron chi connectivity index (χ0n) is 10.1. The molecule has 0 atom stereocenters. The van der Waals surface area contributed by atoms with Crippen molar-refractivity contribution in [2.75, 3.05) is 0 Å². The van der Waals surface area contributed by atoms with E-state index < -0.39 is 7.12 Å². The fourth-order valence-electron chi connectivity index (χ4n) is 1.83. The van der Waals surface area contributed by atoms with Gasteiger partial charge in [-0.1, -0.05) is 30.3 Å². The van der Waals surface area contributed by atoms with E-state index in [0.717, 1.165) is 5.56 Å². The Kier molecular flexibility index (Phi) is 3.65. The first-order valence-electron chi connectivity index (χ1n) is 5.69. The second-order valence-corrected chi connectivity index (χ2v) is 4.24. The lowest BCUT2D eigenvalue weighted by Gasteiger charge is -2.08. The van der Waals surface area contributed by atoms with Gasteiger partial charge in [-0.3, -0.25) is 4.79 Å². The van der Waals surface area contributed by atoms with Gasteiger partial charge in [0.15, 0.2) is 0 Å². The molecule has 2 N–H and O–H groups in total. The molecule has 1 aromatic carbocycles. The molecule has 1 aromatic heterocycles. The smallest absolute Gasteiger partial charge is 0.423 e. The minimum atomic E-state index is -1.49. The molecule has 0 saturated carbocycles. The van der Waals surface area contributed by atoms with Crippen molar-refractivity contribution in [3.8, 4) is 0 Å². The molecule has 0 radical (unpaired) electrons. The molecule has 0 fully saturated rings. The summed E-state index contributed by atoms with van der Waals surface area (Å²) in [5, 5.41) is 18.2. The fourth-order valence-corrected chi connectivity index (χ4v) is 1.83. The van der Waals surface area contributed by atoms with Gasteiger partial charge in [0, 0.05) is 11.8 Å². The van der Waals surface area contributed by atoms with E-state index in [1.807, 2.05) is 12.1 Å². The normalized spacial score (nSPS) is 10.4. The highest BCUT2D eigenvalue weighted by molar-refractivity contribution is 6.58. The van der Waals surface area contributed by atoms with Crippen molar-refractivity contribution < 1.29 is 10.0 Å². The van der Waals surface area contributed by atoms with Gasteiger partial charge in [-0.25, -0.2) is 0 Å². The molecule has 2 aromatic rings. The van der Waals surface area contributed by atoms with E-state index >= 15 is 0 Å². The van der Waals surface area contributed by atoms with Crippen LogP contribution in [0.2, 0.25) is 0 Å². The van der Waals surface area contributed by atoms with Crippen LogP contribution < -0.4 is 11.0 Å². The van der Waals surface area contributed by atoms with E-state index in [1.54, 1.807) is 42.0 Å². The maximum Gasteiger partial charge on any atom is 0.488 e. The number of rotatable bonds is 3. The highest BCUT2D eigenvalue weighted by atomic mass is 16.4. The van der Waals surface area contributed by atoms with E-state index in [9.17, 15) is 4.79 Å². The van der Waals surface area contributed by atoms with Crippen molar-refractivity contribution in [3.63, 3.8) is 0 Å². The minimum absolute atomic E-state index is 0.0348. The molecule has 0 spiro atoms. The summed E-state index contributed by atoms with van der Waals surface area (Å²) < 4.78 is 1.60.